The van der Waals surface area contributed by atoms with Gasteiger partial charge in [-0.1, -0.05) is 33.1 Å². The summed E-state index contributed by atoms with van der Waals surface area (Å²) in [6.07, 6.45) is 8.35. The first-order valence-electron chi connectivity index (χ1n) is 7.22. The monoisotopic (exact) mass is 224 g/mol. The Labute approximate surface area is 101 Å². The summed E-state index contributed by atoms with van der Waals surface area (Å²) in [6, 6.07) is 1.31. The third-order valence-electron chi connectivity index (χ3n) is 4.87. The van der Waals surface area contributed by atoms with E-state index in [9.17, 15) is 0 Å². The van der Waals surface area contributed by atoms with Gasteiger partial charge in [0.2, 0.25) is 0 Å². The van der Waals surface area contributed by atoms with Gasteiger partial charge in [0.1, 0.15) is 0 Å². The third kappa shape index (κ3) is 2.60. The minimum atomic E-state index is 0.444. The van der Waals surface area contributed by atoms with Crippen LogP contribution in [0.3, 0.4) is 0 Å². The summed E-state index contributed by atoms with van der Waals surface area (Å²) in [5.74, 6) is 1.64. The molecule has 0 aromatic rings. The van der Waals surface area contributed by atoms with Crippen LogP contribution in [-0.2, 0) is 0 Å². The molecule has 1 saturated heterocycles. The van der Waals surface area contributed by atoms with Crippen molar-refractivity contribution in [2.45, 2.75) is 64.5 Å². The van der Waals surface area contributed by atoms with Crippen LogP contribution in [0.25, 0.3) is 0 Å². The lowest BCUT2D eigenvalue weighted by Gasteiger charge is -2.44. The molecule has 0 spiro atoms. The summed E-state index contributed by atoms with van der Waals surface area (Å²) >= 11 is 0. The van der Waals surface area contributed by atoms with Crippen molar-refractivity contribution in [3.63, 3.8) is 0 Å². The molecule has 0 aromatic carbocycles. The number of piperidine rings is 1. The molecule has 2 nitrogen and oxygen atoms in total. The third-order valence-corrected chi connectivity index (χ3v) is 4.87. The largest absolute Gasteiger partial charge is 0.327 e. The van der Waals surface area contributed by atoms with Gasteiger partial charge in [0.15, 0.2) is 0 Å². The van der Waals surface area contributed by atoms with Crippen LogP contribution in [-0.4, -0.2) is 30.1 Å². The number of nitrogens with two attached hydrogens (primary N) is 1. The SMILES string of the molecule is CCC1CCCCC1N1CCC(N)C(C)C1. The van der Waals surface area contributed by atoms with Gasteiger partial charge in [-0.3, -0.25) is 4.90 Å². The summed E-state index contributed by atoms with van der Waals surface area (Å²) in [5.41, 5.74) is 6.11. The van der Waals surface area contributed by atoms with Crippen LogP contribution < -0.4 is 5.73 Å². The topological polar surface area (TPSA) is 29.3 Å². The van der Waals surface area contributed by atoms with Crippen LogP contribution in [0.1, 0.15) is 52.4 Å². The molecule has 2 aliphatic rings. The minimum absolute atomic E-state index is 0.444. The number of nitrogens with zero attached hydrogens (tertiary/aromatic N) is 1. The summed E-state index contributed by atoms with van der Waals surface area (Å²) in [6.45, 7) is 7.16. The molecule has 0 radical (unpaired) electrons. The van der Waals surface area contributed by atoms with Crippen molar-refractivity contribution < 1.29 is 0 Å². The van der Waals surface area contributed by atoms with Crippen molar-refractivity contribution in [2.24, 2.45) is 17.6 Å². The van der Waals surface area contributed by atoms with Gasteiger partial charge in [-0.15, -0.1) is 0 Å². The molecule has 1 heterocycles. The molecular formula is C14H28N2. The van der Waals surface area contributed by atoms with E-state index in [1.807, 2.05) is 0 Å². The Morgan fingerprint density at radius 1 is 1.19 bits per heavy atom. The molecule has 94 valence electrons. The Bertz CT molecular complexity index is 217. The fourth-order valence-corrected chi connectivity index (χ4v) is 3.64. The maximum atomic E-state index is 6.11. The highest BCUT2D eigenvalue weighted by Crippen LogP contribution is 2.32. The molecule has 1 saturated carbocycles. The summed E-state index contributed by atoms with van der Waals surface area (Å²) in [5, 5.41) is 0. The molecule has 0 bridgehead atoms. The smallest absolute Gasteiger partial charge is 0.0123 e. The quantitative estimate of drug-likeness (QED) is 0.781. The Morgan fingerprint density at radius 3 is 2.62 bits per heavy atom. The molecule has 1 aliphatic heterocycles. The van der Waals surface area contributed by atoms with E-state index in [1.165, 1.54) is 51.6 Å². The highest BCUT2D eigenvalue weighted by molar-refractivity contribution is 4.88. The van der Waals surface area contributed by atoms with Crippen molar-refractivity contribution in [1.29, 1.82) is 0 Å². The van der Waals surface area contributed by atoms with Gasteiger partial charge >= 0.3 is 0 Å². The van der Waals surface area contributed by atoms with Crippen LogP contribution in [0.2, 0.25) is 0 Å². The molecule has 0 amide bonds. The van der Waals surface area contributed by atoms with Crippen molar-refractivity contribution in [3.8, 4) is 0 Å². The second-order valence-electron chi connectivity index (χ2n) is 5.94. The minimum Gasteiger partial charge on any atom is -0.327 e. The van der Waals surface area contributed by atoms with Crippen molar-refractivity contribution in [3.05, 3.63) is 0 Å². The number of hydrogen-bond donors (Lipinski definition) is 1. The fraction of sp³-hybridized carbons (Fsp3) is 1.00. The van der Waals surface area contributed by atoms with E-state index in [1.54, 1.807) is 0 Å². The average Bonchev–Trinajstić information content (AvgIpc) is 2.32. The van der Waals surface area contributed by atoms with Crippen molar-refractivity contribution in [2.75, 3.05) is 13.1 Å². The second kappa shape index (κ2) is 5.50. The first kappa shape index (κ1) is 12.4. The van der Waals surface area contributed by atoms with Crippen LogP contribution in [0.5, 0.6) is 0 Å². The van der Waals surface area contributed by atoms with Gasteiger partial charge in [-0.2, -0.15) is 0 Å². The maximum absolute atomic E-state index is 6.11. The standard InChI is InChI=1S/C14H28N2/c1-3-12-6-4-5-7-14(12)16-9-8-13(15)11(2)10-16/h11-14H,3-10,15H2,1-2H3. The molecule has 4 unspecified atom stereocenters. The Balaban J connectivity index is 1.95. The Kier molecular flexibility index (Phi) is 4.26. The maximum Gasteiger partial charge on any atom is 0.0123 e. The lowest BCUT2D eigenvalue weighted by atomic mass is 9.80. The van der Waals surface area contributed by atoms with E-state index in [0.717, 1.165) is 12.0 Å². The van der Waals surface area contributed by atoms with Crippen molar-refractivity contribution >= 4 is 0 Å². The highest BCUT2D eigenvalue weighted by Gasteiger charge is 2.33. The zero-order chi connectivity index (χ0) is 11.5. The molecule has 2 rings (SSSR count). The van der Waals surface area contributed by atoms with Gasteiger partial charge in [-0.25, -0.2) is 0 Å². The van der Waals surface area contributed by atoms with Crippen LogP contribution in [0.15, 0.2) is 0 Å². The van der Waals surface area contributed by atoms with Gasteiger partial charge in [0.05, 0.1) is 0 Å². The summed E-state index contributed by atoms with van der Waals surface area (Å²) < 4.78 is 0. The summed E-state index contributed by atoms with van der Waals surface area (Å²) in [4.78, 5) is 2.75. The molecule has 2 heteroatoms. The van der Waals surface area contributed by atoms with Gasteiger partial charge in [0.25, 0.3) is 0 Å². The zero-order valence-electron chi connectivity index (χ0n) is 11.0. The first-order chi connectivity index (χ1) is 7.72. The van der Waals surface area contributed by atoms with E-state index in [2.05, 4.69) is 18.7 Å². The molecule has 4 atom stereocenters. The predicted octanol–water partition coefficient (Wildman–Crippen LogP) is 2.62. The molecule has 2 N–H and O–H groups in total. The Hall–Kier alpha value is -0.0800. The lowest BCUT2D eigenvalue weighted by Crippen LogP contribution is -2.52. The summed E-state index contributed by atoms with van der Waals surface area (Å²) in [7, 11) is 0. The zero-order valence-corrected chi connectivity index (χ0v) is 11.0. The van der Waals surface area contributed by atoms with E-state index >= 15 is 0 Å². The van der Waals surface area contributed by atoms with Gasteiger partial charge in [0, 0.05) is 18.6 Å². The van der Waals surface area contributed by atoms with E-state index in [4.69, 9.17) is 5.73 Å². The first-order valence-corrected chi connectivity index (χ1v) is 7.22. The molecule has 16 heavy (non-hydrogen) atoms. The normalized spacial score (nSPS) is 42.2. The number of hydrogen-bond acceptors (Lipinski definition) is 2. The van der Waals surface area contributed by atoms with Crippen molar-refractivity contribution in [1.82, 2.24) is 4.90 Å². The van der Waals surface area contributed by atoms with E-state index < -0.39 is 0 Å². The Morgan fingerprint density at radius 2 is 1.94 bits per heavy atom. The average molecular weight is 224 g/mol. The van der Waals surface area contributed by atoms with Crippen LogP contribution in [0.4, 0.5) is 0 Å². The van der Waals surface area contributed by atoms with Crippen LogP contribution in [0, 0.1) is 11.8 Å². The predicted molar refractivity (Wildman–Crippen MR) is 69.4 cm³/mol. The number of rotatable bonds is 2. The molecular weight excluding hydrogens is 196 g/mol. The lowest BCUT2D eigenvalue weighted by molar-refractivity contribution is 0.0563. The number of likely N-dealkylation sites (tertiary alicyclic amines) is 1. The fourth-order valence-electron chi connectivity index (χ4n) is 3.64. The van der Waals surface area contributed by atoms with Crippen LogP contribution >= 0.6 is 0 Å². The molecule has 0 aromatic heterocycles. The molecule has 2 fully saturated rings. The van der Waals surface area contributed by atoms with Gasteiger partial charge < -0.3 is 5.73 Å². The van der Waals surface area contributed by atoms with Gasteiger partial charge in [-0.05, 0) is 37.6 Å². The molecule has 1 aliphatic carbocycles. The second-order valence-corrected chi connectivity index (χ2v) is 5.94. The highest BCUT2D eigenvalue weighted by atomic mass is 15.2. The van der Waals surface area contributed by atoms with E-state index in [-0.39, 0.29) is 0 Å². The van der Waals surface area contributed by atoms with E-state index in [0.29, 0.717) is 12.0 Å².